The Hall–Kier alpha value is -2.80. The molecule has 2 aromatic carbocycles. The van der Waals surface area contributed by atoms with Crippen LogP contribution >= 0.6 is 11.8 Å². The molecule has 1 fully saturated rings. The van der Waals surface area contributed by atoms with Gasteiger partial charge in [0.1, 0.15) is 0 Å². The summed E-state index contributed by atoms with van der Waals surface area (Å²) >= 11 is 1.30. The Labute approximate surface area is 181 Å². The predicted octanol–water partition coefficient (Wildman–Crippen LogP) is 4.10. The van der Waals surface area contributed by atoms with Crippen LogP contribution in [0.1, 0.15) is 16.7 Å². The Kier molecular flexibility index (Phi) is 6.08. The Morgan fingerprint density at radius 2 is 1.80 bits per heavy atom. The van der Waals surface area contributed by atoms with Crippen molar-refractivity contribution >= 4 is 23.4 Å². The standard InChI is InChI=1S/C23H26N4O2S/c1-16-6-4-8-19(14-16)22-24-25-23(29-22)30-15-21(28)27-12-10-26(11-13-27)20-9-5-7-17(2)18(20)3/h4-9,14H,10-13,15H2,1-3H3. The van der Waals surface area contributed by atoms with Gasteiger partial charge in [0.2, 0.25) is 11.8 Å². The second kappa shape index (κ2) is 8.92. The number of piperazine rings is 1. The molecule has 30 heavy (non-hydrogen) atoms. The maximum absolute atomic E-state index is 12.7. The van der Waals surface area contributed by atoms with Crippen LogP contribution in [0.3, 0.4) is 0 Å². The first-order chi connectivity index (χ1) is 14.5. The third-order valence-electron chi connectivity index (χ3n) is 5.54. The van der Waals surface area contributed by atoms with Gasteiger partial charge in [0, 0.05) is 37.4 Å². The van der Waals surface area contributed by atoms with Gasteiger partial charge in [-0.05, 0) is 50.1 Å². The number of rotatable bonds is 5. The van der Waals surface area contributed by atoms with Crippen LogP contribution in [0.25, 0.3) is 11.5 Å². The zero-order valence-corrected chi connectivity index (χ0v) is 18.4. The minimum absolute atomic E-state index is 0.107. The molecule has 1 amide bonds. The molecule has 0 radical (unpaired) electrons. The predicted molar refractivity (Wildman–Crippen MR) is 120 cm³/mol. The van der Waals surface area contributed by atoms with Crippen LogP contribution in [-0.2, 0) is 4.79 Å². The molecule has 1 aromatic heterocycles. The van der Waals surface area contributed by atoms with Crippen molar-refractivity contribution in [3.05, 3.63) is 59.2 Å². The van der Waals surface area contributed by atoms with Crippen LogP contribution in [0.5, 0.6) is 0 Å². The largest absolute Gasteiger partial charge is 0.411 e. The molecule has 4 rings (SSSR count). The van der Waals surface area contributed by atoms with Crippen LogP contribution in [0.15, 0.2) is 52.1 Å². The van der Waals surface area contributed by atoms with E-state index in [1.165, 1.54) is 28.6 Å². The molecule has 156 valence electrons. The minimum Gasteiger partial charge on any atom is -0.411 e. The van der Waals surface area contributed by atoms with Gasteiger partial charge < -0.3 is 14.2 Å². The number of thioether (sulfide) groups is 1. The highest BCUT2D eigenvalue weighted by molar-refractivity contribution is 7.99. The van der Waals surface area contributed by atoms with E-state index >= 15 is 0 Å². The Morgan fingerprint density at radius 3 is 2.57 bits per heavy atom. The maximum atomic E-state index is 12.7. The van der Waals surface area contributed by atoms with Gasteiger partial charge in [-0.2, -0.15) is 0 Å². The molecule has 0 unspecified atom stereocenters. The second-order valence-electron chi connectivity index (χ2n) is 7.62. The van der Waals surface area contributed by atoms with Crippen molar-refractivity contribution in [2.75, 3.05) is 36.8 Å². The highest BCUT2D eigenvalue weighted by Gasteiger charge is 2.23. The van der Waals surface area contributed by atoms with Gasteiger partial charge in [0.15, 0.2) is 0 Å². The van der Waals surface area contributed by atoms with E-state index in [9.17, 15) is 4.79 Å². The smallest absolute Gasteiger partial charge is 0.277 e. The van der Waals surface area contributed by atoms with E-state index in [2.05, 4.69) is 47.1 Å². The normalized spacial score (nSPS) is 14.2. The molecule has 0 saturated carbocycles. The van der Waals surface area contributed by atoms with Crippen molar-refractivity contribution in [2.45, 2.75) is 26.0 Å². The highest BCUT2D eigenvalue weighted by Crippen LogP contribution is 2.26. The summed E-state index contributed by atoms with van der Waals surface area (Å²) < 4.78 is 5.72. The molecule has 0 bridgehead atoms. The summed E-state index contributed by atoms with van der Waals surface area (Å²) in [6.45, 7) is 9.47. The van der Waals surface area contributed by atoms with Gasteiger partial charge in [0.25, 0.3) is 5.22 Å². The number of nitrogens with zero attached hydrogens (tertiary/aromatic N) is 4. The zero-order valence-electron chi connectivity index (χ0n) is 17.6. The first-order valence-corrected chi connectivity index (χ1v) is 11.1. The van der Waals surface area contributed by atoms with E-state index in [4.69, 9.17) is 4.42 Å². The van der Waals surface area contributed by atoms with Gasteiger partial charge in [-0.25, -0.2) is 0 Å². The lowest BCUT2D eigenvalue weighted by atomic mass is 10.1. The molecule has 1 saturated heterocycles. The van der Waals surface area contributed by atoms with E-state index in [1.54, 1.807) is 0 Å². The molecule has 7 heteroatoms. The van der Waals surface area contributed by atoms with Crippen molar-refractivity contribution in [1.82, 2.24) is 15.1 Å². The molecule has 6 nitrogen and oxygen atoms in total. The van der Waals surface area contributed by atoms with Crippen molar-refractivity contribution in [2.24, 2.45) is 0 Å². The number of aromatic nitrogens is 2. The monoisotopic (exact) mass is 422 g/mol. The van der Waals surface area contributed by atoms with Crippen LogP contribution in [0.2, 0.25) is 0 Å². The second-order valence-corrected chi connectivity index (χ2v) is 8.54. The van der Waals surface area contributed by atoms with Crippen molar-refractivity contribution < 1.29 is 9.21 Å². The number of hydrogen-bond acceptors (Lipinski definition) is 6. The van der Waals surface area contributed by atoms with Crippen LogP contribution in [0.4, 0.5) is 5.69 Å². The average Bonchev–Trinajstić information content (AvgIpc) is 3.23. The molecule has 2 heterocycles. The molecule has 0 atom stereocenters. The molecule has 0 spiro atoms. The fraction of sp³-hybridized carbons (Fsp3) is 0.348. The van der Waals surface area contributed by atoms with Crippen LogP contribution < -0.4 is 4.90 Å². The van der Waals surface area contributed by atoms with E-state index in [1.807, 2.05) is 36.1 Å². The number of aryl methyl sites for hydroxylation is 2. The first kappa shape index (κ1) is 20.5. The first-order valence-electron chi connectivity index (χ1n) is 10.1. The van der Waals surface area contributed by atoms with Crippen molar-refractivity contribution in [3.63, 3.8) is 0 Å². The zero-order chi connectivity index (χ0) is 21.1. The fourth-order valence-electron chi connectivity index (χ4n) is 3.65. The van der Waals surface area contributed by atoms with Gasteiger partial charge in [-0.3, -0.25) is 4.79 Å². The van der Waals surface area contributed by atoms with E-state index in [0.717, 1.165) is 37.3 Å². The van der Waals surface area contributed by atoms with Crippen LogP contribution in [0, 0.1) is 20.8 Å². The average molecular weight is 423 g/mol. The molecule has 0 N–H and O–H groups in total. The number of carbonyl (C=O) groups is 1. The van der Waals surface area contributed by atoms with Gasteiger partial charge >= 0.3 is 0 Å². The summed E-state index contributed by atoms with van der Waals surface area (Å²) in [7, 11) is 0. The molecule has 1 aliphatic heterocycles. The quantitative estimate of drug-likeness (QED) is 0.577. The van der Waals surface area contributed by atoms with Gasteiger partial charge in [-0.1, -0.05) is 41.6 Å². The summed E-state index contributed by atoms with van der Waals surface area (Å²) in [5.41, 5.74) is 5.91. The number of benzene rings is 2. The number of anilines is 1. The molecule has 3 aromatic rings. The molecule has 1 aliphatic rings. The maximum Gasteiger partial charge on any atom is 0.277 e. The van der Waals surface area contributed by atoms with E-state index in [0.29, 0.717) is 16.9 Å². The topological polar surface area (TPSA) is 62.5 Å². The third-order valence-corrected chi connectivity index (χ3v) is 6.34. The molecular weight excluding hydrogens is 396 g/mol. The van der Waals surface area contributed by atoms with Crippen LogP contribution in [-0.4, -0.2) is 52.9 Å². The number of hydrogen-bond donors (Lipinski definition) is 0. The minimum atomic E-state index is 0.107. The summed E-state index contributed by atoms with van der Waals surface area (Å²) in [6, 6.07) is 14.3. The lowest BCUT2D eigenvalue weighted by Gasteiger charge is -2.37. The van der Waals surface area contributed by atoms with Gasteiger partial charge in [0.05, 0.1) is 5.75 Å². The Morgan fingerprint density at radius 1 is 1.03 bits per heavy atom. The number of amides is 1. The van der Waals surface area contributed by atoms with Crippen molar-refractivity contribution in [3.8, 4) is 11.5 Å². The van der Waals surface area contributed by atoms with Crippen molar-refractivity contribution in [1.29, 1.82) is 0 Å². The lowest BCUT2D eigenvalue weighted by molar-refractivity contribution is -0.128. The van der Waals surface area contributed by atoms with E-state index in [-0.39, 0.29) is 5.91 Å². The summed E-state index contributed by atoms with van der Waals surface area (Å²) in [6.07, 6.45) is 0. The lowest BCUT2D eigenvalue weighted by Crippen LogP contribution is -2.49. The van der Waals surface area contributed by atoms with Gasteiger partial charge in [-0.15, -0.1) is 10.2 Å². The SMILES string of the molecule is Cc1cccc(-c2nnc(SCC(=O)N3CCN(c4cccc(C)c4C)CC3)o2)c1. The summed E-state index contributed by atoms with van der Waals surface area (Å²) in [4.78, 5) is 16.9. The summed E-state index contributed by atoms with van der Waals surface area (Å²) in [5.74, 6) is 0.894. The molecular formula is C23H26N4O2S. The van der Waals surface area contributed by atoms with E-state index < -0.39 is 0 Å². The number of carbonyl (C=O) groups excluding carboxylic acids is 1. The fourth-order valence-corrected chi connectivity index (χ4v) is 4.32. The Bertz CT molecular complexity index is 1040. The Balaban J connectivity index is 1.30. The third kappa shape index (κ3) is 4.51. The summed E-state index contributed by atoms with van der Waals surface area (Å²) in [5, 5.41) is 8.61. The molecule has 0 aliphatic carbocycles. The highest BCUT2D eigenvalue weighted by atomic mass is 32.2.